The quantitative estimate of drug-likeness (QED) is 0.631. The summed E-state index contributed by atoms with van der Waals surface area (Å²) in [5.74, 6) is -1.06. The van der Waals surface area contributed by atoms with Crippen LogP contribution in [0, 0.1) is 0 Å². The van der Waals surface area contributed by atoms with Crippen LogP contribution in [0.25, 0.3) is 0 Å². The molecule has 0 fully saturated rings. The molecule has 0 saturated heterocycles. The standard InChI is InChI=1S/C8H12N4O4/c1-16-8-10-7(11-12-8)9-5(13)3-2-4-6(14)15/h2-4H2,1H3,(H,14,15)(H2,9,10,11,12,13). The number of aliphatic carboxylic acids is 1. The summed E-state index contributed by atoms with van der Waals surface area (Å²) in [6.07, 6.45) is 0.370. The normalized spacial score (nSPS) is 9.81. The Labute approximate surface area is 91.0 Å². The average Bonchev–Trinajstić information content (AvgIpc) is 2.65. The zero-order valence-electron chi connectivity index (χ0n) is 8.69. The van der Waals surface area contributed by atoms with Gasteiger partial charge in [0.15, 0.2) is 0 Å². The lowest BCUT2D eigenvalue weighted by atomic mass is 10.2. The van der Waals surface area contributed by atoms with Crippen LogP contribution in [0.3, 0.4) is 0 Å². The molecule has 1 aromatic rings. The Morgan fingerprint density at radius 1 is 1.50 bits per heavy atom. The number of carbonyl (C=O) groups is 2. The summed E-state index contributed by atoms with van der Waals surface area (Å²) < 4.78 is 4.71. The molecule has 3 N–H and O–H groups in total. The molecule has 0 aliphatic carbocycles. The van der Waals surface area contributed by atoms with Gasteiger partial charge in [-0.15, -0.1) is 5.10 Å². The number of anilines is 1. The fourth-order valence-electron chi connectivity index (χ4n) is 0.988. The summed E-state index contributed by atoms with van der Waals surface area (Å²) in [5.41, 5.74) is 0. The van der Waals surface area contributed by atoms with Crippen molar-refractivity contribution in [2.75, 3.05) is 12.4 Å². The minimum Gasteiger partial charge on any atom is -0.481 e. The fraction of sp³-hybridized carbons (Fsp3) is 0.500. The van der Waals surface area contributed by atoms with Gasteiger partial charge in [-0.2, -0.15) is 4.98 Å². The van der Waals surface area contributed by atoms with Gasteiger partial charge in [0, 0.05) is 12.8 Å². The van der Waals surface area contributed by atoms with Crippen molar-refractivity contribution in [1.82, 2.24) is 15.2 Å². The molecule has 0 atom stereocenters. The van der Waals surface area contributed by atoms with Crippen molar-refractivity contribution in [1.29, 1.82) is 0 Å². The molecular formula is C8H12N4O4. The SMILES string of the molecule is COc1n[nH]c(NC(=O)CCCC(=O)O)n1. The summed E-state index contributed by atoms with van der Waals surface area (Å²) in [6.45, 7) is 0. The second-order valence-corrected chi connectivity index (χ2v) is 2.97. The Bertz CT molecular complexity index is 376. The number of nitrogens with one attached hydrogen (secondary N) is 2. The van der Waals surface area contributed by atoms with Crippen molar-refractivity contribution in [3.05, 3.63) is 0 Å². The number of carboxylic acid groups (broad SMARTS) is 1. The van der Waals surface area contributed by atoms with Gasteiger partial charge in [0.25, 0.3) is 0 Å². The van der Waals surface area contributed by atoms with Crippen LogP contribution >= 0.6 is 0 Å². The third-order valence-corrected chi connectivity index (χ3v) is 1.70. The molecule has 0 aliphatic heterocycles. The van der Waals surface area contributed by atoms with E-state index in [1.54, 1.807) is 0 Å². The second-order valence-electron chi connectivity index (χ2n) is 2.97. The van der Waals surface area contributed by atoms with Gasteiger partial charge in [-0.05, 0) is 6.42 Å². The molecule has 8 nitrogen and oxygen atoms in total. The van der Waals surface area contributed by atoms with Crippen LogP contribution in [0.15, 0.2) is 0 Å². The van der Waals surface area contributed by atoms with E-state index in [1.807, 2.05) is 0 Å². The van der Waals surface area contributed by atoms with Crippen molar-refractivity contribution < 1.29 is 19.4 Å². The highest BCUT2D eigenvalue weighted by Crippen LogP contribution is 2.05. The molecule has 8 heteroatoms. The van der Waals surface area contributed by atoms with Crippen molar-refractivity contribution in [3.8, 4) is 6.01 Å². The van der Waals surface area contributed by atoms with E-state index in [-0.39, 0.29) is 37.1 Å². The molecule has 1 amide bonds. The number of H-pyrrole nitrogens is 1. The molecule has 0 saturated carbocycles. The molecule has 88 valence electrons. The smallest absolute Gasteiger partial charge is 0.336 e. The summed E-state index contributed by atoms with van der Waals surface area (Å²) in [4.78, 5) is 25.2. The summed E-state index contributed by atoms with van der Waals surface area (Å²) >= 11 is 0. The Hall–Kier alpha value is -2.12. The number of rotatable bonds is 6. The maximum Gasteiger partial charge on any atom is 0.336 e. The van der Waals surface area contributed by atoms with Crippen LogP contribution in [-0.4, -0.2) is 39.3 Å². The highest BCUT2D eigenvalue weighted by atomic mass is 16.5. The fourth-order valence-corrected chi connectivity index (χ4v) is 0.988. The van der Waals surface area contributed by atoms with Crippen LogP contribution in [0.1, 0.15) is 19.3 Å². The first kappa shape index (κ1) is 12.0. The largest absolute Gasteiger partial charge is 0.481 e. The minimum absolute atomic E-state index is 0.0346. The maximum absolute atomic E-state index is 11.3. The lowest BCUT2D eigenvalue weighted by molar-refractivity contribution is -0.137. The molecule has 1 rings (SSSR count). The van der Waals surface area contributed by atoms with E-state index >= 15 is 0 Å². The Kier molecular flexibility index (Phi) is 4.25. The van der Waals surface area contributed by atoms with Gasteiger partial charge in [0.05, 0.1) is 7.11 Å². The van der Waals surface area contributed by atoms with Crippen LogP contribution in [-0.2, 0) is 9.59 Å². The number of aromatic nitrogens is 3. The van der Waals surface area contributed by atoms with Gasteiger partial charge in [-0.1, -0.05) is 0 Å². The monoisotopic (exact) mass is 228 g/mol. The van der Waals surface area contributed by atoms with E-state index in [1.165, 1.54) is 7.11 Å². The van der Waals surface area contributed by atoms with Crippen molar-refractivity contribution >= 4 is 17.8 Å². The first-order valence-electron chi connectivity index (χ1n) is 4.60. The molecule has 1 aromatic heterocycles. The summed E-state index contributed by atoms with van der Waals surface area (Å²) in [6, 6.07) is 0.126. The van der Waals surface area contributed by atoms with Gasteiger partial charge in [-0.3, -0.25) is 14.9 Å². The lowest BCUT2D eigenvalue weighted by Crippen LogP contribution is -2.12. The third kappa shape index (κ3) is 3.95. The number of carboxylic acids is 1. The molecule has 0 aliphatic rings. The first-order chi connectivity index (χ1) is 7.61. The van der Waals surface area contributed by atoms with Crippen LogP contribution in [0.4, 0.5) is 5.95 Å². The highest BCUT2D eigenvalue weighted by Gasteiger charge is 2.07. The molecule has 0 spiro atoms. The molecule has 16 heavy (non-hydrogen) atoms. The number of ether oxygens (including phenoxy) is 1. The molecular weight excluding hydrogens is 216 g/mol. The van der Waals surface area contributed by atoms with E-state index in [0.717, 1.165) is 0 Å². The number of hydrogen-bond acceptors (Lipinski definition) is 5. The zero-order chi connectivity index (χ0) is 12.0. The zero-order valence-corrected chi connectivity index (χ0v) is 8.69. The van der Waals surface area contributed by atoms with Gasteiger partial charge >= 0.3 is 12.0 Å². The predicted molar refractivity (Wildman–Crippen MR) is 53.1 cm³/mol. The van der Waals surface area contributed by atoms with Crippen molar-refractivity contribution in [2.24, 2.45) is 0 Å². The van der Waals surface area contributed by atoms with Crippen LogP contribution < -0.4 is 10.1 Å². The first-order valence-corrected chi connectivity index (χ1v) is 4.60. The van der Waals surface area contributed by atoms with Gasteiger partial charge in [0.2, 0.25) is 11.9 Å². The van der Waals surface area contributed by atoms with Crippen LogP contribution in [0.5, 0.6) is 6.01 Å². The van der Waals surface area contributed by atoms with E-state index in [4.69, 9.17) is 9.84 Å². The minimum atomic E-state index is -0.922. The Morgan fingerprint density at radius 2 is 2.25 bits per heavy atom. The second kappa shape index (κ2) is 5.69. The van der Waals surface area contributed by atoms with E-state index in [0.29, 0.717) is 0 Å². The van der Waals surface area contributed by atoms with Crippen LogP contribution in [0.2, 0.25) is 0 Å². The third-order valence-electron chi connectivity index (χ3n) is 1.70. The molecule has 1 heterocycles. The van der Waals surface area contributed by atoms with Gasteiger partial charge < -0.3 is 9.84 Å². The summed E-state index contributed by atoms with van der Waals surface area (Å²) in [5, 5.41) is 16.9. The summed E-state index contributed by atoms with van der Waals surface area (Å²) in [7, 11) is 1.40. The lowest BCUT2D eigenvalue weighted by Gasteiger charge is -1.99. The van der Waals surface area contributed by atoms with Crippen molar-refractivity contribution in [3.63, 3.8) is 0 Å². The highest BCUT2D eigenvalue weighted by molar-refractivity contribution is 5.89. The number of methoxy groups -OCH3 is 1. The Balaban J connectivity index is 2.31. The Morgan fingerprint density at radius 3 is 2.81 bits per heavy atom. The topological polar surface area (TPSA) is 117 Å². The number of carbonyl (C=O) groups excluding carboxylic acids is 1. The molecule has 0 aromatic carbocycles. The molecule has 0 unspecified atom stereocenters. The van der Waals surface area contributed by atoms with Crippen molar-refractivity contribution in [2.45, 2.75) is 19.3 Å². The maximum atomic E-state index is 11.3. The number of aromatic amines is 1. The van der Waals surface area contributed by atoms with Gasteiger partial charge in [0.1, 0.15) is 0 Å². The van der Waals surface area contributed by atoms with Gasteiger partial charge in [-0.25, -0.2) is 5.10 Å². The number of amides is 1. The van der Waals surface area contributed by atoms with E-state index in [9.17, 15) is 9.59 Å². The predicted octanol–water partition coefficient (Wildman–Crippen LogP) is 0.00670. The van der Waals surface area contributed by atoms with E-state index in [2.05, 4.69) is 20.5 Å². The number of hydrogen-bond donors (Lipinski definition) is 3. The van der Waals surface area contributed by atoms with E-state index < -0.39 is 5.97 Å². The number of nitrogens with zero attached hydrogens (tertiary/aromatic N) is 2. The molecule has 0 bridgehead atoms. The average molecular weight is 228 g/mol. The molecule has 0 radical (unpaired) electrons.